The second kappa shape index (κ2) is 6.16. The van der Waals surface area contributed by atoms with Crippen LogP contribution in [0.1, 0.15) is 11.3 Å². The van der Waals surface area contributed by atoms with Crippen LogP contribution in [0.3, 0.4) is 0 Å². The van der Waals surface area contributed by atoms with E-state index in [0.29, 0.717) is 22.6 Å². The Morgan fingerprint density at radius 1 is 1.00 bits per heavy atom. The zero-order valence-electron chi connectivity index (χ0n) is 14.1. The third kappa shape index (κ3) is 3.83. The van der Waals surface area contributed by atoms with Gasteiger partial charge in [-0.15, -0.1) is 0 Å². The number of hydrogen-bond acceptors (Lipinski definition) is 1. The number of aromatic nitrogens is 2. The van der Waals surface area contributed by atoms with E-state index in [1.807, 2.05) is 28.8 Å². The number of imidazole rings is 1. The van der Waals surface area contributed by atoms with E-state index in [1.54, 1.807) is 0 Å². The maximum Gasteiger partial charge on any atom is 0.416 e. The van der Waals surface area contributed by atoms with E-state index in [-0.39, 0.29) is 0 Å². The molecular formula is C19H17F3N2S. The number of rotatable bonds is 1. The van der Waals surface area contributed by atoms with E-state index in [9.17, 15) is 13.2 Å². The Bertz CT molecular complexity index is 968. The molecule has 0 N–H and O–H groups in total. The van der Waals surface area contributed by atoms with Crippen LogP contribution in [0.5, 0.6) is 0 Å². The number of nitrogens with zero attached hydrogens (tertiary/aromatic N) is 2. The third-order valence-electron chi connectivity index (χ3n) is 3.49. The summed E-state index contributed by atoms with van der Waals surface area (Å²) in [5.41, 5.74) is 1.94. The number of halogens is 3. The molecule has 0 unspecified atom stereocenters. The molecule has 0 fully saturated rings. The lowest BCUT2D eigenvalue weighted by molar-refractivity contribution is -0.137. The smallest absolute Gasteiger partial charge is 0.292 e. The van der Waals surface area contributed by atoms with Crippen LogP contribution < -0.4 is 0 Å². The van der Waals surface area contributed by atoms with Gasteiger partial charge in [-0.25, -0.2) is 4.98 Å². The summed E-state index contributed by atoms with van der Waals surface area (Å²) in [6.45, 7) is 0. The topological polar surface area (TPSA) is 17.3 Å². The molecule has 1 aromatic carbocycles. The Kier molecular flexibility index (Phi) is 4.29. The van der Waals surface area contributed by atoms with Crippen molar-refractivity contribution in [1.82, 2.24) is 9.38 Å². The Morgan fingerprint density at radius 3 is 2.28 bits per heavy atom. The van der Waals surface area contributed by atoms with E-state index in [1.165, 1.54) is 12.1 Å². The monoisotopic (exact) mass is 362 g/mol. The van der Waals surface area contributed by atoms with Gasteiger partial charge >= 0.3 is 6.18 Å². The number of fused-ring (bicyclic) bond motifs is 1. The minimum atomic E-state index is -4.35. The summed E-state index contributed by atoms with van der Waals surface area (Å²) in [5, 5.41) is 3.25. The van der Waals surface area contributed by atoms with Crippen LogP contribution in [-0.2, 0) is 6.18 Å². The minimum absolute atomic E-state index is 0.594. The van der Waals surface area contributed by atoms with Gasteiger partial charge in [-0.1, -0.05) is 18.2 Å². The summed E-state index contributed by atoms with van der Waals surface area (Å²) < 4.78 is 40.2. The van der Waals surface area contributed by atoms with E-state index in [4.69, 9.17) is 0 Å². The lowest BCUT2D eigenvalue weighted by Crippen LogP contribution is -2.04. The fourth-order valence-electron chi connectivity index (χ4n) is 2.34. The van der Waals surface area contributed by atoms with Gasteiger partial charge in [0.15, 0.2) is 0 Å². The zero-order chi connectivity index (χ0) is 18.2. The quantitative estimate of drug-likeness (QED) is 0.556. The van der Waals surface area contributed by atoms with Crippen molar-refractivity contribution in [3.05, 3.63) is 59.9 Å². The number of hydrogen-bond donors (Lipinski definition) is 0. The second-order valence-corrected chi connectivity index (χ2v) is 10.3. The van der Waals surface area contributed by atoms with Crippen LogP contribution in [-0.4, -0.2) is 28.2 Å². The first-order valence-electron chi connectivity index (χ1n) is 7.51. The third-order valence-corrected chi connectivity index (χ3v) is 4.21. The highest BCUT2D eigenvalue weighted by Crippen LogP contribution is 2.34. The molecule has 0 aliphatic rings. The average molecular weight is 362 g/mol. The highest BCUT2D eigenvalue weighted by atomic mass is 32.3. The molecule has 2 heterocycles. The standard InChI is InChI=1S/C19H17F3N2S/c1-25(2,3)13-11-16-18(23-17-6-4-5-12-24(16)17)14-7-9-15(10-8-14)19(20,21)22/h4-10,12H,1-3H3. The largest absolute Gasteiger partial charge is 0.416 e. The SMILES string of the molecule is CS(C)(C)C#Cc1c(-c2ccc(C(F)(F)F)cc2)nc2ccccn12. The van der Waals surface area contributed by atoms with Crippen molar-refractivity contribution in [3.63, 3.8) is 0 Å². The fourth-order valence-corrected chi connectivity index (χ4v) is 2.74. The lowest BCUT2D eigenvalue weighted by atomic mass is 10.1. The number of alkyl halides is 3. The predicted octanol–water partition coefficient (Wildman–Crippen LogP) is 5.02. The van der Waals surface area contributed by atoms with Crippen LogP contribution in [0.15, 0.2) is 48.7 Å². The summed E-state index contributed by atoms with van der Waals surface area (Å²) in [4.78, 5) is 4.56. The zero-order valence-corrected chi connectivity index (χ0v) is 14.9. The molecule has 0 aliphatic heterocycles. The van der Waals surface area contributed by atoms with Crippen molar-refractivity contribution >= 4 is 15.7 Å². The summed E-state index contributed by atoms with van der Waals surface area (Å²) in [5.74, 6) is 3.18. The Hall–Kier alpha value is -2.39. The molecule has 6 heteroatoms. The summed E-state index contributed by atoms with van der Waals surface area (Å²) in [6.07, 6.45) is 3.76. The van der Waals surface area contributed by atoms with Crippen LogP contribution in [0.25, 0.3) is 16.9 Å². The number of pyridine rings is 1. The molecule has 0 atom stereocenters. The van der Waals surface area contributed by atoms with E-state index < -0.39 is 21.8 Å². The van der Waals surface area contributed by atoms with Crippen LogP contribution in [0, 0.1) is 11.2 Å². The molecule has 3 rings (SSSR count). The highest BCUT2D eigenvalue weighted by Gasteiger charge is 2.30. The fraction of sp³-hybridized carbons (Fsp3) is 0.211. The summed E-state index contributed by atoms with van der Waals surface area (Å²) in [6, 6.07) is 10.6. The Labute approximate surface area is 146 Å². The second-order valence-electron chi connectivity index (χ2n) is 6.38. The van der Waals surface area contributed by atoms with Gasteiger partial charge in [0.1, 0.15) is 17.0 Å². The number of benzene rings is 1. The van der Waals surface area contributed by atoms with Gasteiger partial charge < -0.3 is 0 Å². The maximum absolute atomic E-state index is 12.8. The highest BCUT2D eigenvalue weighted by molar-refractivity contribution is 8.35. The molecule has 2 nitrogen and oxygen atoms in total. The Morgan fingerprint density at radius 2 is 1.68 bits per heavy atom. The van der Waals surface area contributed by atoms with Gasteiger partial charge in [-0.05, 0) is 54.2 Å². The maximum atomic E-state index is 12.8. The normalized spacial score (nSPS) is 12.7. The first-order chi connectivity index (χ1) is 11.6. The van der Waals surface area contributed by atoms with Crippen molar-refractivity contribution in [3.8, 4) is 22.4 Å². The van der Waals surface area contributed by atoms with Crippen LogP contribution >= 0.6 is 10.0 Å². The molecule has 3 aromatic rings. The molecular weight excluding hydrogens is 345 g/mol. The van der Waals surface area contributed by atoms with Crippen molar-refractivity contribution in [2.45, 2.75) is 6.18 Å². The molecule has 0 radical (unpaired) electrons. The Balaban J connectivity index is 2.17. The molecule has 0 saturated heterocycles. The van der Waals surface area contributed by atoms with Crippen LogP contribution in [0.4, 0.5) is 13.2 Å². The minimum Gasteiger partial charge on any atom is -0.292 e. The van der Waals surface area contributed by atoms with Crippen LogP contribution in [0.2, 0.25) is 0 Å². The average Bonchev–Trinajstić information content (AvgIpc) is 2.90. The molecule has 0 aliphatic carbocycles. The summed E-state index contributed by atoms with van der Waals surface area (Å²) >= 11 is 0. The molecule has 130 valence electrons. The van der Waals surface area contributed by atoms with Crippen molar-refractivity contribution in [2.24, 2.45) is 0 Å². The molecule has 0 spiro atoms. The van der Waals surface area contributed by atoms with Gasteiger partial charge in [-0.2, -0.15) is 23.2 Å². The van der Waals surface area contributed by atoms with Gasteiger partial charge in [0, 0.05) is 11.8 Å². The van der Waals surface area contributed by atoms with Crippen molar-refractivity contribution in [1.29, 1.82) is 0 Å². The van der Waals surface area contributed by atoms with E-state index >= 15 is 0 Å². The summed E-state index contributed by atoms with van der Waals surface area (Å²) in [7, 11) is -1.04. The van der Waals surface area contributed by atoms with Gasteiger partial charge in [-0.3, -0.25) is 4.40 Å². The van der Waals surface area contributed by atoms with E-state index in [0.717, 1.165) is 12.1 Å². The van der Waals surface area contributed by atoms with Gasteiger partial charge in [0.2, 0.25) is 0 Å². The molecule has 2 aromatic heterocycles. The van der Waals surface area contributed by atoms with Gasteiger partial charge in [0.25, 0.3) is 0 Å². The van der Waals surface area contributed by atoms with E-state index in [2.05, 4.69) is 34.9 Å². The molecule has 25 heavy (non-hydrogen) atoms. The predicted molar refractivity (Wildman–Crippen MR) is 97.9 cm³/mol. The van der Waals surface area contributed by atoms with Gasteiger partial charge in [0.05, 0.1) is 5.56 Å². The first-order valence-corrected chi connectivity index (χ1v) is 10.4. The molecule has 0 saturated carbocycles. The van der Waals surface area contributed by atoms with Crippen molar-refractivity contribution < 1.29 is 13.2 Å². The lowest BCUT2D eigenvalue weighted by Gasteiger charge is -2.14. The molecule has 0 amide bonds. The first kappa shape index (κ1) is 17.4. The molecule has 0 bridgehead atoms. The van der Waals surface area contributed by atoms with Crippen molar-refractivity contribution in [2.75, 3.05) is 18.8 Å².